The van der Waals surface area contributed by atoms with E-state index in [1.807, 2.05) is 0 Å². The van der Waals surface area contributed by atoms with E-state index in [0.29, 0.717) is 11.4 Å². The average molecular weight is 611 g/mol. The molecule has 2 amide bonds. The molecule has 5 heterocycles. The van der Waals surface area contributed by atoms with E-state index in [-0.39, 0.29) is 74.9 Å². The maximum Gasteiger partial charge on any atom is 0.276 e. The van der Waals surface area contributed by atoms with Crippen molar-refractivity contribution in [2.75, 3.05) is 26.4 Å². The van der Waals surface area contributed by atoms with Gasteiger partial charge in [-0.05, 0) is 37.3 Å². The molecule has 13 nitrogen and oxygen atoms in total. The Morgan fingerprint density at radius 3 is 2.53 bits per heavy atom. The van der Waals surface area contributed by atoms with E-state index in [1.54, 1.807) is 13.1 Å². The maximum absolute atomic E-state index is 14.0. The molecule has 43 heavy (non-hydrogen) atoms. The van der Waals surface area contributed by atoms with E-state index in [1.165, 1.54) is 15.6 Å². The first-order chi connectivity index (χ1) is 20.5. The number of imidazole rings is 1. The molecule has 0 radical (unpaired) electrons. The van der Waals surface area contributed by atoms with Crippen LogP contribution in [0, 0.1) is 12.8 Å². The summed E-state index contributed by atoms with van der Waals surface area (Å²) in [6, 6.07) is -1.42. The number of nitrogens with one attached hydrogen (secondary N) is 1. The number of carbonyl (C=O) groups excluding carboxylic acids is 2. The molecule has 0 bridgehead atoms. The van der Waals surface area contributed by atoms with Crippen molar-refractivity contribution in [2.24, 2.45) is 5.92 Å². The summed E-state index contributed by atoms with van der Waals surface area (Å²) >= 11 is 0. The van der Waals surface area contributed by atoms with Gasteiger partial charge in [0, 0.05) is 25.8 Å². The number of aromatic nitrogens is 6. The Morgan fingerprint density at radius 2 is 1.84 bits per heavy atom. The van der Waals surface area contributed by atoms with Crippen LogP contribution in [0.5, 0.6) is 0 Å². The van der Waals surface area contributed by atoms with Gasteiger partial charge >= 0.3 is 0 Å². The minimum Gasteiger partial charge on any atom is -0.377 e. The predicted octanol–water partition coefficient (Wildman–Crippen LogP) is 2.83. The standard InChI is InChI=1S/C26H30F4N8O5/c1-14-20(36-43-35-14)22(39)34-21(15-2-5-25(27,28)6-3-15)17-11-38-24(33-17)32-16(10-31-38)18-12-41-9-8-37(18)23(40)19-4-7-26(29,30)13-42-19/h10-11,15,18-19,21H,2-9,12-13H2,1H3,(H,34,39). The van der Waals surface area contributed by atoms with Gasteiger partial charge in [0.05, 0.1) is 49.1 Å². The summed E-state index contributed by atoms with van der Waals surface area (Å²) in [7, 11) is 0. The fraction of sp³-hybridized carbons (Fsp3) is 0.654. The van der Waals surface area contributed by atoms with E-state index in [0.717, 1.165) is 0 Å². The lowest BCUT2D eigenvalue weighted by Crippen LogP contribution is -2.50. The molecule has 6 rings (SSSR count). The molecule has 3 atom stereocenters. The van der Waals surface area contributed by atoms with Gasteiger partial charge < -0.3 is 19.7 Å². The quantitative estimate of drug-likeness (QED) is 0.413. The number of carbonyl (C=O) groups is 2. The minimum atomic E-state index is -2.96. The van der Waals surface area contributed by atoms with Crippen molar-refractivity contribution in [3.8, 4) is 0 Å². The second-order valence-corrected chi connectivity index (χ2v) is 11.3. The number of alkyl halides is 4. The Hall–Kier alpha value is -3.73. The SMILES string of the molecule is Cc1nonc1C(=O)NC(c1cn2ncc(C3COCCN3C(=O)C3CCC(F)(F)CO3)nc2n1)C1CCC(F)(F)CC1. The van der Waals surface area contributed by atoms with Crippen molar-refractivity contribution in [1.29, 1.82) is 0 Å². The molecule has 0 spiro atoms. The first-order valence-electron chi connectivity index (χ1n) is 14.1. The van der Waals surface area contributed by atoms with Crippen LogP contribution < -0.4 is 5.32 Å². The zero-order valence-corrected chi connectivity index (χ0v) is 23.2. The molecule has 17 heteroatoms. The van der Waals surface area contributed by atoms with Crippen molar-refractivity contribution >= 4 is 17.6 Å². The lowest BCUT2D eigenvalue weighted by Gasteiger charge is -2.38. The number of ether oxygens (including phenoxy) is 2. The number of amides is 2. The van der Waals surface area contributed by atoms with Gasteiger partial charge in [0.1, 0.15) is 18.4 Å². The van der Waals surface area contributed by atoms with Crippen LogP contribution in [0.25, 0.3) is 5.78 Å². The molecule has 3 aromatic rings. The number of nitrogens with zero attached hydrogens (tertiary/aromatic N) is 7. The second kappa shape index (κ2) is 11.4. The normalized spacial score (nSPS) is 25.0. The largest absolute Gasteiger partial charge is 0.377 e. The summed E-state index contributed by atoms with van der Waals surface area (Å²) in [5.74, 6) is -6.95. The molecule has 232 valence electrons. The summed E-state index contributed by atoms with van der Waals surface area (Å²) in [5.41, 5.74) is 0.969. The van der Waals surface area contributed by atoms with Crippen LogP contribution in [0.1, 0.15) is 78.2 Å². The number of hydrogen-bond donors (Lipinski definition) is 1. The fourth-order valence-corrected chi connectivity index (χ4v) is 5.80. The molecular weight excluding hydrogens is 580 g/mol. The monoisotopic (exact) mass is 610 g/mol. The lowest BCUT2D eigenvalue weighted by atomic mass is 9.81. The van der Waals surface area contributed by atoms with Crippen LogP contribution in [0.2, 0.25) is 0 Å². The Bertz CT molecular complexity index is 1480. The van der Waals surface area contributed by atoms with Crippen molar-refractivity contribution in [3.63, 3.8) is 0 Å². The van der Waals surface area contributed by atoms with Crippen LogP contribution in [0.4, 0.5) is 17.6 Å². The number of halogens is 4. The second-order valence-electron chi connectivity index (χ2n) is 11.3. The van der Waals surface area contributed by atoms with E-state index >= 15 is 0 Å². The maximum atomic E-state index is 14.0. The molecule has 2 saturated heterocycles. The zero-order chi connectivity index (χ0) is 30.4. The smallest absolute Gasteiger partial charge is 0.276 e. The summed E-state index contributed by atoms with van der Waals surface area (Å²) in [6.45, 7) is 1.32. The highest BCUT2D eigenvalue weighted by molar-refractivity contribution is 5.93. The number of morpholine rings is 1. The third kappa shape index (κ3) is 6.18. The van der Waals surface area contributed by atoms with Gasteiger partial charge in [0.2, 0.25) is 5.92 Å². The van der Waals surface area contributed by atoms with Gasteiger partial charge in [-0.1, -0.05) is 5.16 Å². The molecule has 1 aliphatic carbocycles. The molecule has 3 fully saturated rings. The summed E-state index contributed by atoms with van der Waals surface area (Å²) in [6.07, 6.45) is 1.14. The van der Waals surface area contributed by atoms with Gasteiger partial charge in [0.25, 0.3) is 23.5 Å². The van der Waals surface area contributed by atoms with E-state index < -0.39 is 54.9 Å². The Morgan fingerprint density at radius 1 is 1.07 bits per heavy atom. The highest BCUT2D eigenvalue weighted by Crippen LogP contribution is 2.41. The molecule has 0 aromatic carbocycles. The molecule has 3 aliphatic rings. The molecule has 2 aliphatic heterocycles. The van der Waals surface area contributed by atoms with Gasteiger partial charge in [-0.25, -0.2) is 36.7 Å². The molecule has 3 unspecified atom stereocenters. The van der Waals surface area contributed by atoms with Crippen LogP contribution in [0.15, 0.2) is 17.0 Å². The first kappa shape index (κ1) is 29.3. The Balaban J connectivity index is 1.26. The number of rotatable bonds is 6. The topological polar surface area (TPSA) is 150 Å². The molecule has 1 N–H and O–H groups in total. The third-order valence-electron chi connectivity index (χ3n) is 8.23. The summed E-state index contributed by atoms with van der Waals surface area (Å²) < 4.78 is 71.9. The average Bonchev–Trinajstić information content (AvgIpc) is 3.61. The van der Waals surface area contributed by atoms with Gasteiger partial charge in [-0.3, -0.25) is 9.59 Å². The number of hydrogen-bond acceptors (Lipinski definition) is 10. The van der Waals surface area contributed by atoms with Crippen LogP contribution in [-0.2, 0) is 14.3 Å². The van der Waals surface area contributed by atoms with Crippen molar-refractivity contribution in [1.82, 2.24) is 40.1 Å². The molecular formula is C26H30F4N8O5. The zero-order valence-electron chi connectivity index (χ0n) is 23.2. The predicted molar refractivity (Wildman–Crippen MR) is 136 cm³/mol. The number of aryl methyl sites for hydroxylation is 1. The van der Waals surface area contributed by atoms with Crippen molar-refractivity contribution in [3.05, 3.63) is 35.2 Å². The van der Waals surface area contributed by atoms with Crippen LogP contribution in [0.3, 0.4) is 0 Å². The van der Waals surface area contributed by atoms with Crippen LogP contribution in [-0.4, -0.2) is 90.9 Å². The third-order valence-corrected chi connectivity index (χ3v) is 8.23. The van der Waals surface area contributed by atoms with E-state index in [2.05, 4.69) is 35.3 Å². The number of fused-ring (bicyclic) bond motifs is 1. The highest BCUT2D eigenvalue weighted by Gasteiger charge is 2.43. The van der Waals surface area contributed by atoms with E-state index in [4.69, 9.17) is 9.47 Å². The lowest BCUT2D eigenvalue weighted by molar-refractivity contribution is -0.176. The van der Waals surface area contributed by atoms with Gasteiger partial charge in [-0.2, -0.15) is 5.10 Å². The Labute approximate surface area is 242 Å². The van der Waals surface area contributed by atoms with E-state index in [9.17, 15) is 27.2 Å². The molecule has 1 saturated carbocycles. The molecule has 3 aromatic heterocycles. The van der Waals surface area contributed by atoms with Gasteiger partial charge in [0.15, 0.2) is 5.69 Å². The van der Waals surface area contributed by atoms with Crippen molar-refractivity contribution < 1.29 is 41.3 Å². The fourth-order valence-electron chi connectivity index (χ4n) is 5.80. The minimum absolute atomic E-state index is 0.0267. The highest BCUT2D eigenvalue weighted by atomic mass is 19.3. The van der Waals surface area contributed by atoms with Gasteiger partial charge in [-0.15, -0.1) is 0 Å². The first-order valence-corrected chi connectivity index (χ1v) is 14.1. The summed E-state index contributed by atoms with van der Waals surface area (Å²) in [4.78, 5) is 37.0. The van der Waals surface area contributed by atoms with Crippen LogP contribution >= 0.6 is 0 Å². The summed E-state index contributed by atoms with van der Waals surface area (Å²) in [5, 5.41) is 14.5. The van der Waals surface area contributed by atoms with Crippen molar-refractivity contribution in [2.45, 2.75) is 75.5 Å². The Kier molecular flexibility index (Phi) is 7.78.